The standard InChI is InChI=1S/C21H29NO2/c1-14(15-6-8-16(9-7-15)21(2,3)4)20(23)24-19-12-17-10-11-18(13-19)22(17)5/h6-9,17-19H,1,10-13H2,2-5H3. The molecule has 2 unspecified atom stereocenters. The molecule has 1 aromatic rings. The number of hydrogen-bond donors (Lipinski definition) is 0. The van der Waals surface area contributed by atoms with E-state index in [1.54, 1.807) is 0 Å². The van der Waals surface area contributed by atoms with Crippen LogP contribution < -0.4 is 0 Å². The number of carbonyl (C=O) groups is 1. The highest BCUT2D eigenvalue weighted by molar-refractivity contribution is 6.15. The Labute approximate surface area is 145 Å². The van der Waals surface area contributed by atoms with Crippen molar-refractivity contribution in [3.05, 3.63) is 42.0 Å². The molecule has 0 saturated carbocycles. The first-order valence-corrected chi connectivity index (χ1v) is 8.98. The van der Waals surface area contributed by atoms with Crippen LogP contribution in [0.3, 0.4) is 0 Å². The first kappa shape index (κ1) is 17.2. The lowest BCUT2D eigenvalue weighted by Crippen LogP contribution is -2.43. The van der Waals surface area contributed by atoms with Gasteiger partial charge in [0, 0.05) is 24.9 Å². The molecule has 1 aromatic carbocycles. The van der Waals surface area contributed by atoms with Crippen molar-refractivity contribution in [1.29, 1.82) is 0 Å². The third-order valence-corrected chi connectivity index (χ3v) is 5.67. The molecule has 24 heavy (non-hydrogen) atoms. The maximum absolute atomic E-state index is 12.5. The monoisotopic (exact) mass is 327 g/mol. The maximum atomic E-state index is 12.5. The zero-order valence-corrected chi connectivity index (χ0v) is 15.3. The van der Waals surface area contributed by atoms with Crippen LogP contribution in [0.2, 0.25) is 0 Å². The number of benzene rings is 1. The van der Waals surface area contributed by atoms with Crippen LogP contribution in [0.25, 0.3) is 5.57 Å². The Morgan fingerprint density at radius 1 is 1.12 bits per heavy atom. The summed E-state index contributed by atoms with van der Waals surface area (Å²) in [5, 5.41) is 0. The smallest absolute Gasteiger partial charge is 0.338 e. The minimum absolute atomic E-state index is 0.0387. The lowest BCUT2D eigenvalue weighted by molar-refractivity contribution is -0.145. The number of esters is 1. The molecule has 3 heteroatoms. The van der Waals surface area contributed by atoms with Gasteiger partial charge in [-0.3, -0.25) is 0 Å². The van der Waals surface area contributed by atoms with Crippen LogP contribution in [-0.2, 0) is 14.9 Å². The lowest BCUT2D eigenvalue weighted by Gasteiger charge is -2.35. The van der Waals surface area contributed by atoms with Crippen LogP contribution in [0.15, 0.2) is 30.8 Å². The van der Waals surface area contributed by atoms with Crippen molar-refractivity contribution in [1.82, 2.24) is 4.90 Å². The Hall–Kier alpha value is -1.61. The molecule has 2 atom stereocenters. The second kappa shape index (κ2) is 6.36. The quantitative estimate of drug-likeness (QED) is 0.616. The van der Waals surface area contributed by atoms with E-state index in [1.165, 1.54) is 18.4 Å². The van der Waals surface area contributed by atoms with Crippen LogP contribution in [0.4, 0.5) is 0 Å². The minimum Gasteiger partial charge on any atom is -0.459 e. The predicted octanol–water partition coefficient (Wildman–Crippen LogP) is 4.17. The van der Waals surface area contributed by atoms with E-state index in [1.807, 2.05) is 12.1 Å². The first-order valence-electron chi connectivity index (χ1n) is 8.98. The number of ether oxygens (including phenoxy) is 1. The van der Waals surface area contributed by atoms with E-state index in [4.69, 9.17) is 4.74 Å². The Balaban J connectivity index is 1.62. The van der Waals surface area contributed by atoms with E-state index in [-0.39, 0.29) is 17.5 Å². The van der Waals surface area contributed by atoms with Crippen molar-refractivity contribution in [2.24, 2.45) is 0 Å². The number of carbonyl (C=O) groups excluding carboxylic acids is 1. The molecule has 3 rings (SSSR count). The Morgan fingerprint density at radius 2 is 1.67 bits per heavy atom. The van der Waals surface area contributed by atoms with Gasteiger partial charge in [-0.05, 0) is 36.4 Å². The Bertz CT molecular complexity index is 612. The van der Waals surface area contributed by atoms with Gasteiger partial charge in [-0.25, -0.2) is 4.79 Å². The predicted molar refractivity (Wildman–Crippen MR) is 97.9 cm³/mol. The molecule has 2 aliphatic heterocycles. The topological polar surface area (TPSA) is 29.5 Å². The second-order valence-corrected chi connectivity index (χ2v) is 8.36. The molecule has 0 aromatic heterocycles. The summed E-state index contributed by atoms with van der Waals surface area (Å²) in [7, 11) is 2.19. The Morgan fingerprint density at radius 3 is 2.17 bits per heavy atom. The van der Waals surface area contributed by atoms with Gasteiger partial charge >= 0.3 is 5.97 Å². The maximum Gasteiger partial charge on any atom is 0.338 e. The van der Waals surface area contributed by atoms with Crippen LogP contribution in [0.5, 0.6) is 0 Å². The van der Waals surface area contributed by atoms with Gasteiger partial charge in [0.2, 0.25) is 0 Å². The van der Waals surface area contributed by atoms with E-state index in [2.05, 4.69) is 51.4 Å². The molecule has 3 nitrogen and oxygen atoms in total. The van der Waals surface area contributed by atoms with E-state index in [0.29, 0.717) is 17.7 Å². The first-order chi connectivity index (χ1) is 11.3. The number of piperidine rings is 1. The SMILES string of the molecule is C=C(C(=O)OC1CC2CCC(C1)N2C)c1ccc(C(C)(C)C)cc1. The van der Waals surface area contributed by atoms with Gasteiger partial charge in [-0.1, -0.05) is 51.6 Å². The van der Waals surface area contributed by atoms with Crippen molar-refractivity contribution < 1.29 is 9.53 Å². The zero-order valence-electron chi connectivity index (χ0n) is 15.3. The summed E-state index contributed by atoms with van der Waals surface area (Å²) in [6, 6.07) is 9.24. The molecule has 2 aliphatic rings. The molecule has 0 amide bonds. The van der Waals surface area contributed by atoms with E-state index >= 15 is 0 Å². The molecule has 0 aliphatic carbocycles. The molecular weight excluding hydrogens is 298 g/mol. The van der Waals surface area contributed by atoms with Gasteiger partial charge in [0.15, 0.2) is 0 Å². The summed E-state index contributed by atoms with van der Waals surface area (Å²) in [5.41, 5.74) is 2.67. The van der Waals surface area contributed by atoms with E-state index in [0.717, 1.165) is 18.4 Å². The molecule has 2 bridgehead atoms. The van der Waals surface area contributed by atoms with Gasteiger partial charge < -0.3 is 9.64 Å². The average Bonchev–Trinajstić information content (AvgIpc) is 2.74. The van der Waals surface area contributed by atoms with Crippen molar-refractivity contribution in [2.75, 3.05) is 7.05 Å². The van der Waals surface area contributed by atoms with Crippen molar-refractivity contribution in [2.45, 2.75) is 70.1 Å². The number of nitrogens with zero attached hydrogens (tertiary/aromatic N) is 1. The number of fused-ring (bicyclic) bond motifs is 2. The Kier molecular flexibility index (Phi) is 4.56. The fourth-order valence-electron chi connectivity index (χ4n) is 3.97. The van der Waals surface area contributed by atoms with Crippen molar-refractivity contribution in [3.63, 3.8) is 0 Å². The number of rotatable bonds is 3. The molecule has 2 saturated heterocycles. The highest BCUT2D eigenvalue weighted by Crippen LogP contribution is 2.36. The van der Waals surface area contributed by atoms with Gasteiger partial charge in [-0.2, -0.15) is 0 Å². The molecule has 0 spiro atoms. The summed E-state index contributed by atoms with van der Waals surface area (Å²) in [6.45, 7) is 10.5. The summed E-state index contributed by atoms with van der Waals surface area (Å²) in [6.07, 6.45) is 4.40. The molecular formula is C21H29NO2. The summed E-state index contributed by atoms with van der Waals surface area (Å²) >= 11 is 0. The molecule has 0 radical (unpaired) electrons. The highest BCUT2D eigenvalue weighted by Gasteiger charge is 2.40. The van der Waals surface area contributed by atoms with Gasteiger partial charge in [0.1, 0.15) is 6.10 Å². The van der Waals surface area contributed by atoms with Gasteiger partial charge in [0.25, 0.3) is 0 Å². The fraction of sp³-hybridized carbons (Fsp3) is 0.571. The van der Waals surface area contributed by atoms with Crippen molar-refractivity contribution >= 4 is 11.5 Å². The minimum atomic E-state index is -0.271. The third kappa shape index (κ3) is 3.41. The van der Waals surface area contributed by atoms with Gasteiger partial charge in [-0.15, -0.1) is 0 Å². The van der Waals surface area contributed by atoms with Crippen LogP contribution in [-0.4, -0.2) is 36.1 Å². The highest BCUT2D eigenvalue weighted by atomic mass is 16.5. The van der Waals surface area contributed by atoms with Crippen molar-refractivity contribution in [3.8, 4) is 0 Å². The normalized spacial score (nSPS) is 27.1. The average molecular weight is 327 g/mol. The molecule has 130 valence electrons. The molecule has 2 heterocycles. The van der Waals surface area contributed by atoms with Crippen LogP contribution >= 0.6 is 0 Å². The molecule has 0 N–H and O–H groups in total. The van der Waals surface area contributed by atoms with Gasteiger partial charge in [0.05, 0.1) is 5.57 Å². The van der Waals surface area contributed by atoms with E-state index in [9.17, 15) is 4.79 Å². The summed E-state index contributed by atoms with van der Waals surface area (Å²) in [4.78, 5) is 14.9. The second-order valence-electron chi connectivity index (χ2n) is 8.36. The fourth-order valence-corrected chi connectivity index (χ4v) is 3.97. The van der Waals surface area contributed by atoms with Crippen LogP contribution in [0.1, 0.15) is 57.6 Å². The zero-order chi connectivity index (χ0) is 17.5. The largest absolute Gasteiger partial charge is 0.459 e. The third-order valence-electron chi connectivity index (χ3n) is 5.67. The van der Waals surface area contributed by atoms with Crippen LogP contribution in [0, 0.1) is 0 Å². The summed E-state index contributed by atoms with van der Waals surface area (Å²) in [5.74, 6) is -0.271. The number of hydrogen-bond acceptors (Lipinski definition) is 3. The van der Waals surface area contributed by atoms with E-state index < -0.39 is 0 Å². The molecule has 2 fully saturated rings. The summed E-state index contributed by atoms with van der Waals surface area (Å²) < 4.78 is 5.77. The lowest BCUT2D eigenvalue weighted by atomic mass is 9.86.